The highest BCUT2D eigenvalue weighted by molar-refractivity contribution is 5.75. The summed E-state index contributed by atoms with van der Waals surface area (Å²) < 4.78 is 0. The molecule has 0 fully saturated rings. The van der Waals surface area contributed by atoms with Crippen LogP contribution < -0.4 is 5.73 Å². The highest BCUT2D eigenvalue weighted by atomic mass is 16.4. The van der Waals surface area contributed by atoms with Crippen molar-refractivity contribution in [2.45, 2.75) is 6.04 Å². The Morgan fingerprint density at radius 3 is 2.44 bits per heavy atom. The predicted molar refractivity (Wildman–Crippen MR) is 59.6 cm³/mol. The van der Waals surface area contributed by atoms with Crippen LogP contribution in [-0.4, -0.2) is 21.0 Å². The van der Waals surface area contributed by atoms with E-state index in [1.54, 1.807) is 43.0 Å². The lowest BCUT2D eigenvalue weighted by atomic mass is 10.1. The summed E-state index contributed by atoms with van der Waals surface area (Å²) in [4.78, 5) is 16.8. The molecule has 1 aromatic carbocycles. The summed E-state index contributed by atoms with van der Waals surface area (Å²) in [6.45, 7) is 0. The number of hydrogen-bond acceptors (Lipinski definition) is 3. The van der Waals surface area contributed by atoms with E-state index < -0.39 is 12.0 Å². The SMILES string of the molecule is N[C@@H](C(=O)O)c1ccccc1.c1c[nH]cn1. The average molecular weight is 219 g/mol. The van der Waals surface area contributed by atoms with E-state index in [4.69, 9.17) is 10.8 Å². The second-order valence-electron chi connectivity index (χ2n) is 2.99. The average Bonchev–Trinajstić information content (AvgIpc) is 2.88. The fourth-order valence-electron chi connectivity index (χ4n) is 1.02. The Morgan fingerprint density at radius 2 is 2.06 bits per heavy atom. The number of nitrogens with two attached hydrogens (primary N) is 1. The standard InChI is InChI=1S/C8H9NO2.C3H4N2/c9-7(8(10)11)6-4-2-1-3-5-6;1-2-5-3-4-1/h1-5,7H,9H2,(H,10,11);1-3H,(H,4,5)/t7-;/m1./s1. The summed E-state index contributed by atoms with van der Waals surface area (Å²) in [7, 11) is 0. The highest BCUT2D eigenvalue weighted by Gasteiger charge is 2.12. The molecule has 0 amide bonds. The summed E-state index contributed by atoms with van der Waals surface area (Å²) in [5.74, 6) is -1.00. The number of benzene rings is 1. The van der Waals surface area contributed by atoms with Crippen molar-refractivity contribution in [3.05, 3.63) is 54.6 Å². The van der Waals surface area contributed by atoms with Crippen molar-refractivity contribution in [3.8, 4) is 0 Å². The maximum absolute atomic E-state index is 10.4. The van der Waals surface area contributed by atoms with Crippen molar-refractivity contribution < 1.29 is 9.90 Å². The molecule has 16 heavy (non-hydrogen) atoms. The van der Waals surface area contributed by atoms with Gasteiger partial charge < -0.3 is 15.8 Å². The van der Waals surface area contributed by atoms with Crippen LogP contribution in [0.2, 0.25) is 0 Å². The van der Waals surface area contributed by atoms with Gasteiger partial charge in [-0.25, -0.2) is 4.98 Å². The number of aromatic nitrogens is 2. The van der Waals surface area contributed by atoms with Gasteiger partial charge in [0.25, 0.3) is 0 Å². The van der Waals surface area contributed by atoms with E-state index in [2.05, 4.69) is 9.97 Å². The summed E-state index contributed by atoms with van der Waals surface area (Å²) in [6, 6.07) is 7.82. The molecule has 0 saturated carbocycles. The van der Waals surface area contributed by atoms with Gasteiger partial charge in [0.15, 0.2) is 0 Å². The van der Waals surface area contributed by atoms with Crippen LogP contribution in [0.4, 0.5) is 0 Å². The molecule has 1 atom stereocenters. The highest BCUT2D eigenvalue weighted by Crippen LogP contribution is 2.08. The van der Waals surface area contributed by atoms with Gasteiger partial charge in [0.1, 0.15) is 6.04 Å². The minimum absolute atomic E-state index is 0.625. The van der Waals surface area contributed by atoms with Crippen LogP contribution in [0, 0.1) is 0 Å². The lowest BCUT2D eigenvalue weighted by molar-refractivity contribution is -0.138. The molecule has 4 N–H and O–H groups in total. The molecule has 0 saturated heterocycles. The molecule has 2 rings (SSSR count). The Morgan fingerprint density at radius 1 is 1.38 bits per heavy atom. The van der Waals surface area contributed by atoms with Gasteiger partial charge in [-0.1, -0.05) is 30.3 Å². The number of nitrogens with zero attached hydrogens (tertiary/aromatic N) is 1. The number of hydrogen-bond donors (Lipinski definition) is 3. The van der Waals surface area contributed by atoms with Crippen molar-refractivity contribution in [1.29, 1.82) is 0 Å². The molecule has 0 bridgehead atoms. The number of nitrogens with one attached hydrogen (secondary N) is 1. The van der Waals surface area contributed by atoms with E-state index in [-0.39, 0.29) is 0 Å². The predicted octanol–water partition coefficient (Wildman–Crippen LogP) is 1.18. The number of aromatic amines is 1. The molecule has 84 valence electrons. The molecule has 1 heterocycles. The number of rotatable bonds is 2. The fraction of sp³-hybridized carbons (Fsp3) is 0.0909. The quantitative estimate of drug-likeness (QED) is 0.707. The first-order chi connectivity index (χ1) is 7.72. The van der Waals surface area contributed by atoms with Gasteiger partial charge in [-0.2, -0.15) is 0 Å². The van der Waals surface area contributed by atoms with Gasteiger partial charge in [-0.3, -0.25) is 4.79 Å². The smallest absolute Gasteiger partial charge is 0.325 e. The van der Waals surface area contributed by atoms with Crippen LogP contribution in [0.25, 0.3) is 0 Å². The molecule has 5 heteroatoms. The molecule has 0 aliphatic carbocycles. The van der Waals surface area contributed by atoms with Crippen LogP contribution in [0.5, 0.6) is 0 Å². The Bertz CT molecular complexity index is 383. The number of carboxylic acid groups (broad SMARTS) is 1. The largest absolute Gasteiger partial charge is 0.480 e. The third kappa shape index (κ3) is 3.93. The molecular weight excluding hydrogens is 206 g/mol. The van der Waals surface area contributed by atoms with Crippen LogP contribution in [0.15, 0.2) is 49.1 Å². The first-order valence-electron chi connectivity index (χ1n) is 4.68. The molecule has 0 unspecified atom stereocenters. The zero-order valence-corrected chi connectivity index (χ0v) is 8.58. The first kappa shape index (κ1) is 11.9. The second kappa shape index (κ2) is 6.36. The van der Waals surface area contributed by atoms with Gasteiger partial charge in [0.2, 0.25) is 0 Å². The molecule has 0 spiro atoms. The maximum Gasteiger partial charge on any atom is 0.325 e. The second-order valence-corrected chi connectivity index (χ2v) is 2.99. The minimum atomic E-state index is -1.00. The monoisotopic (exact) mass is 219 g/mol. The first-order valence-corrected chi connectivity index (χ1v) is 4.68. The van der Waals surface area contributed by atoms with E-state index in [9.17, 15) is 4.79 Å². The summed E-state index contributed by atoms with van der Waals surface area (Å²) in [6.07, 6.45) is 5.08. The maximum atomic E-state index is 10.4. The Labute approximate surface area is 92.9 Å². The fourth-order valence-corrected chi connectivity index (χ4v) is 1.02. The van der Waals surface area contributed by atoms with E-state index in [0.29, 0.717) is 5.56 Å². The minimum Gasteiger partial charge on any atom is -0.480 e. The molecule has 5 nitrogen and oxygen atoms in total. The Balaban J connectivity index is 0.000000212. The lowest BCUT2D eigenvalue weighted by Crippen LogP contribution is -2.20. The zero-order valence-electron chi connectivity index (χ0n) is 8.58. The van der Waals surface area contributed by atoms with Gasteiger partial charge in [-0.15, -0.1) is 0 Å². The van der Waals surface area contributed by atoms with Gasteiger partial charge in [-0.05, 0) is 5.56 Å². The van der Waals surface area contributed by atoms with E-state index in [0.717, 1.165) is 0 Å². The zero-order chi connectivity index (χ0) is 11.8. The van der Waals surface area contributed by atoms with Crippen molar-refractivity contribution in [2.75, 3.05) is 0 Å². The van der Waals surface area contributed by atoms with E-state index >= 15 is 0 Å². The van der Waals surface area contributed by atoms with Crippen molar-refractivity contribution in [2.24, 2.45) is 5.73 Å². The third-order valence-corrected chi connectivity index (χ3v) is 1.83. The van der Waals surface area contributed by atoms with Gasteiger partial charge in [0, 0.05) is 12.4 Å². The van der Waals surface area contributed by atoms with E-state index in [1.807, 2.05) is 6.07 Å². The summed E-state index contributed by atoms with van der Waals surface area (Å²) in [5.41, 5.74) is 5.96. The van der Waals surface area contributed by atoms with Crippen LogP contribution in [-0.2, 0) is 4.79 Å². The molecule has 0 radical (unpaired) electrons. The van der Waals surface area contributed by atoms with Crippen molar-refractivity contribution in [1.82, 2.24) is 9.97 Å². The molecule has 0 aliphatic heterocycles. The number of carboxylic acids is 1. The van der Waals surface area contributed by atoms with Crippen LogP contribution >= 0.6 is 0 Å². The molecule has 0 aliphatic rings. The number of carbonyl (C=O) groups is 1. The Hall–Kier alpha value is -2.14. The lowest BCUT2D eigenvalue weighted by Gasteiger charge is -2.04. The topological polar surface area (TPSA) is 92.0 Å². The molecular formula is C11H13N3O2. The summed E-state index contributed by atoms with van der Waals surface area (Å²) in [5, 5.41) is 8.51. The van der Waals surface area contributed by atoms with Gasteiger partial charge in [0.05, 0.1) is 6.33 Å². The third-order valence-electron chi connectivity index (χ3n) is 1.83. The number of H-pyrrole nitrogens is 1. The molecule has 2 aromatic rings. The normalized spacial score (nSPS) is 11.1. The molecule has 1 aromatic heterocycles. The van der Waals surface area contributed by atoms with Crippen molar-refractivity contribution >= 4 is 5.97 Å². The van der Waals surface area contributed by atoms with Gasteiger partial charge >= 0.3 is 5.97 Å². The number of imidazole rings is 1. The Kier molecular flexibility index (Phi) is 4.75. The van der Waals surface area contributed by atoms with Crippen LogP contribution in [0.1, 0.15) is 11.6 Å². The van der Waals surface area contributed by atoms with Crippen LogP contribution in [0.3, 0.4) is 0 Å². The number of aliphatic carboxylic acids is 1. The summed E-state index contributed by atoms with van der Waals surface area (Å²) >= 11 is 0. The van der Waals surface area contributed by atoms with E-state index in [1.165, 1.54) is 0 Å². The van der Waals surface area contributed by atoms with Crippen molar-refractivity contribution in [3.63, 3.8) is 0 Å².